The van der Waals surface area contributed by atoms with Crippen molar-refractivity contribution in [3.05, 3.63) is 83.6 Å². The van der Waals surface area contributed by atoms with Gasteiger partial charge in [0.25, 0.3) is 0 Å². The van der Waals surface area contributed by atoms with E-state index in [1.165, 1.54) is 5.56 Å². The largest absolute Gasteiger partial charge is 0.353 e. The van der Waals surface area contributed by atoms with Gasteiger partial charge in [0.1, 0.15) is 5.82 Å². The van der Waals surface area contributed by atoms with E-state index in [1.54, 1.807) is 0 Å². The first-order valence-electron chi connectivity index (χ1n) is 11.7. The maximum Gasteiger partial charge on any atom is 0.321 e. The number of anilines is 2. The Kier molecular flexibility index (Phi) is 5.88. The van der Waals surface area contributed by atoms with Crippen LogP contribution in [0.1, 0.15) is 16.8 Å². The Morgan fingerprint density at radius 2 is 1.59 bits per heavy atom. The van der Waals surface area contributed by atoms with E-state index < -0.39 is 0 Å². The predicted octanol–water partition coefficient (Wildman–Crippen LogP) is 5.58. The van der Waals surface area contributed by atoms with Crippen LogP contribution < -0.4 is 10.2 Å². The molecule has 1 aromatic heterocycles. The van der Waals surface area contributed by atoms with Gasteiger partial charge in [-0.2, -0.15) is 0 Å². The van der Waals surface area contributed by atoms with Gasteiger partial charge in [-0.3, -0.25) is 0 Å². The zero-order valence-corrected chi connectivity index (χ0v) is 19.9. The monoisotopic (exact) mass is 451 g/mol. The minimum absolute atomic E-state index is 0.0629. The van der Waals surface area contributed by atoms with Crippen molar-refractivity contribution in [1.82, 2.24) is 14.9 Å². The number of nitrogens with zero attached hydrogens (tertiary/aromatic N) is 4. The molecular formula is C28H29N5O. The fourth-order valence-electron chi connectivity index (χ4n) is 4.48. The molecule has 2 heterocycles. The van der Waals surface area contributed by atoms with Crippen LogP contribution in [0, 0.1) is 20.8 Å². The lowest BCUT2D eigenvalue weighted by molar-refractivity contribution is 0.208. The van der Waals surface area contributed by atoms with Gasteiger partial charge in [-0.1, -0.05) is 60.2 Å². The van der Waals surface area contributed by atoms with Crippen LogP contribution in [0.3, 0.4) is 0 Å². The van der Waals surface area contributed by atoms with Gasteiger partial charge in [-0.15, -0.1) is 0 Å². The minimum Gasteiger partial charge on any atom is -0.353 e. The molecule has 0 unspecified atom stereocenters. The Hall–Kier alpha value is -3.93. The molecule has 2 amide bonds. The van der Waals surface area contributed by atoms with E-state index >= 15 is 0 Å². The molecule has 0 spiro atoms. The fourth-order valence-corrected chi connectivity index (χ4v) is 4.48. The van der Waals surface area contributed by atoms with Crippen molar-refractivity contribution in [3.8, 4) is 11.4 Å². The number of carbonyl (C=O) groups is 1. The van der Waals surface area contributed by atoms with Gasteiger partial charge in [0.2, 0.25) is 0 Å². The number of amides is 2. The number of hydrogen-bond donors (Lipinski definition) is 1. The molecule has 1 saturated heterocycles. The van der Waals surface area contributed by atoms with Crippen molar-refractivity contribution in [2.75, 3.05) is 36.4 Å². The summed E-state index contributed by atoms with van der Waals surface area (Å²) in [4.78, 5) is 26.8. The molecule has 6 nitrogen and oxygen atoms in total. The molecule has 0 aliphatic carbocycles. The number of aromatic nitrogens is 2. The van der Waals surface area contributed by atoms with Crippen molar-refractivity contribution in [2.24, 2.45) is 0 Å². The van der Waals surface area contributed by atoms with E-state index in [-0.39, 0.29) is 6.03 Å². The lowest BCUT2D eigenvalue weighted by atomic mass is 10.1. The molecule has 0 saturated carbocycles. The molecular weight excluding hydrogens is 422 g/mol. The van der Waals surface area contributed by atoms with Crippen LogP contribution in [0.25, 0.3) is 22.2 Å². The molecule has 1 aliphatic heterocycles. The van der Waals surface area contributed by atoms with Crippen LogP contribution in [-0.2, 0) is 0 Å². The van der Waals surface area contributed by atoms with Crippen molar-refractivity contribution in [1.29, 1.82) is 0 Å². The van der Waals surface area contributed by atoms with Crippen molar-refractivity contribution < 1.29 is 4.79 Å². The Bertz CT molecular complexity index is 1350. The number of carbonyl (C=O) groups excluding carboxylic acids is 1. The van der Waals surface area contributed by atoms with Gasteiger partial charge >= 0.3 is 6.03 Å². The van der Waals surface area contributed by atoms with E-state index in [0.717, 1.165) is 58.0 Å². The van der Waals surface area contributed by atoms with Gasteiger partial charge < -0.3 is 15.1 Å². The van der Waals surface area contributed by atoms with Crippen LogP contribution in [-0.4, -0.2) is 47.1 Å². The normalized spacial score (nSPS) is 13.9. The highest BCUT2D eigenvalue weighted by Crippen LogP contribution is 2.27. The average Bonchev–Trinajstić information content (AvgIpc) is 2.86. The number of hydrogen-bond acceptors (Lipinski definition) is 4. The molecule has 0 radical (unpaired) electrons. The first-order valence-corrected chi connectivity index (χ1v) is 11.7. The first kappa shape index (κ1) is 21.9. The quantitative estimate of drug-likeness (QED) is 0.442. The molecule has 1 N–H and O–H groups in total. The molecule has 4 aromatic rings. The predicted molar refractivity (Wildman–Crippen MR) is 138 cm³/mol. The lowest BCUT2D eigenvalue weighted by Gasteiger charge is -2.36. The highest BCUT2D eigenvalue weighted by molar-refractivity contribution is 6.01. The molecule has 1 aliphatic rings. The molecule has 5 rings (SSSR count). The second-order valence-electron chi connectivity index (χ2n) is 8.88. The highest BCUT2D eigenvalue weighted by Gasteiger charge is 2.24. The highest BCUT2D eigenvalue weighted by atomic mass is 16.2. The van der Waals surface area contributed by atoms with Crippen molar-refractivity contribution in [2.45, 2.75) is 20.8 Å². The second kappa shape index (κ2) is 9.14. The summed E-state index contributed by atoms with van der Waals surface area (Å²) in [7, 11) is 0. The molecule has 6 heteroatoms. The maximum atomic E-state index is 13.0. The molecule has 0 atom stereocenters. The van der Waals surface area contributed by atoms with Crippen molar-refractivity contribution >= 4 is 28.3 Å². The lowest BCUT2D eigenvalue weighted by Crippen LogP contribution is -2.50. The van der Waals surface area contributed by atoms with Crippen LogP contribution in [0.5, 0.6) is 0 Å². The minimum atomic E-state index is -0.0629. The third kappa shape index (κ3) is 4.31. The third-order valence-electron chi connectivity index (χ3n) is 6.54. The number of fused-ring (bicyclic) bond motifs is 1. The summed E-state index contributed by atoms with van der Waals surface area (Å²) < 4.78 is 0. The average molecular weight is 452 g/mol. The van der Waals surface area contributed by atoms with E-state index in [0.29, 0.717) is 13.1 Å². The van der Waals surface area contributed by atoms with Gasteiger partial charge in [-0.05, 0) is 38.3 Å². The number of benzene rings is 3. The standard InChI is InChI=1S/C28H29N5O/c1-19-8-6-11-23(18-19)26-29-21(3)20(2)27(31-26)32-14-16-33(17-15-32)28(34)30-25-13-7-10-22-9-4-5-12-24(22)25/h4-13,18H,14-17H2,1-3H3,(H,30,34). The third-order valence-corrected chi connectivity index (χ3v) is 6.54. The van der Waals surface area contributed by atoms with Crippen LogP contribution in [0.15, 0.2) is 66.7 Å². The zero-order valence-electron chi connectivity index (χ0n) is 19.9. The summed E-state index contributed by atoms with van der Waals surface area (Å²) in [5, 5.41) is 5.27. The SMILES string of the molecule is Cc1cccc(-c2nc(C)c(C)c(N3CCN(C(=O)Nc4cccc5ccccc45)CC3)n2)c1. The van der Waals surface area contributed by atoms with E-state index in [4.69, 9.17) is 9.97 Å². The van der Waals surface area contributed by atoms with Crippen LogP contribution >= 0.6 is 0 Å². The fraction of sp³-hybridized carbons (Fsp3) is 0.250. The van der Waals surface area contributed by atoms with Crippen molar-refractivity contribution in [3.63, 3.8) is 0 Å². The molecule has 172 valence electrons. The summed E-state index contributed by atoms with van der Waals surface area (Å²) in [6.07, 6.45) is 0. The summed E-state index contributed by atoms with van der Waals surface area (Å²) in [5.41, 5.74) is 5.13. The smallest absolute Gasteiger partial charge is 0.321 e. The Morgan fingerprint density at radius 3 is 2.38 bits per heavy atom. The molecule has 34 heavy (non-hydrogen) atoms. The Morgan fingerprint density at radius 1 is 0.853 bits per heavy atom. The van der Waals surface area contributed by atoms with Gasteiger partial charge in [-0.25, -0.2) is 14.8 Å². The Labute approximate surface area is 200 Å². The topological polar surface area (TPSA) is 61.4 Å². The van der Waals surface area contributed by atoms with E-state index in [1.807, 2.05) is 48.2 Å². The first-order chi connectivity index (χ1) is 16.5. The number of nitrogens with one attached hydrogen (secondary N) is 1. The van der Waals surface area contributed by atoms with Gasteiger partial charge in [0.05, 0.1) is 5.69 Å². The summed E-state index contributed by atoms with van der Waals surface area (Å²) in [6, 6.07) is 22.3. The number of rotatable bonds is 3. The molecule has 0 bridgehead atoms. The summed E-state index contributed by atoms with van der Waals surface area (Å²) in [6.45, 7) is 8.92. The molecule has 3 aromatic carbocycles. The zero-order chi connectivity index (χ0) is 23.7. The molecule has 1 fully saturated rings. The summed E-state index contributed by atoms with van der Waals surface area (Å²) >= 11 is 0. The number of aryl methyl sites for hydroxylation is 2. The van der Waals surface area contributed by atoms with Gasteiger partial charge in [0, 0.05) is 48.4 Å². The van der Waals surface area contributed by atoms with Crippen LogP contribution in [0.4, 0.5) is 16.3 Å². The van der Waals surface area contributed by atoms with E-state index in [9.17, 15) is 4.79 Å². The number of urea groups is 1. The maximum absolute atomic E-state index is 13.0. The number of piperazine rings is 1. The summed E-state index contributed by atoms with van der Waals surface area (Å²) in [5.74, 6) is 1.70. The van der Waals surface area contributed by atoms with E-state index in [2.05, 4.69) is 54.4 Å². The van der Waals surface area contributed by atoms with Crippen LogP contribution in [0.2, 0.25) is 0 Å². The van der Waals surface area contributed by atoms with Gasteiger partial charge in [0.15, 0.2) is 5.82 Å². The Balaban J connectivity index is 1.31. The second-order valence-corrected chi connectivity index (χ2v) is 8.88.